The SMILES string of the molecule is CC1CC(C(N)=S)N=C1c1cccc(Br)c1. The lowest BCUT2D eigenvalue weighted by atomic mass is 9.97. The molecule has 1 aliphatic rings. The summed E-state index contributed by atoms with van der Waals surface area (Å²) < 4.78 is 1.07. The maximum Gasteiger partial charge on any atom is 0.101 e. The van der Waals surface area contributed by atoms with Crippen LogP contribution < -0.4 is 5.73 Å². The lowest BCUT2D eigenvalue weighted by Crippen LogP contribution is -2.23. The van der Waals surface area contributed by atoms with E-state index in [0.717, 1.165) is 22.2 Å². The zero-order valence-electron chi connectivity index (χ0n) is 8.98. The van der Waals surface area contributed by atoms with E-state index in [0.29, 0.717) is 10.9 Å². The number of hydrogen-bond donors (Lipinski definition) is 1. The zero-order chi connectivity index (χ0) is 11.7. The Kier molecular flexibility index (Phi) is 3.40. The predicted octanol–water partition coefficient (Wildman–Crippen LogP) is 2.93. The van der Waals surface area contributed by atoms with E-state index in [1.807, 2.05) is 12.1 Å². The van der Waals surface area contributed by atoms with Crippen molar-refractivity contribution in [2.45, 2.75) is 19.4 Å². The van der Waals surface area contributed by atoms with Crippen molar-refractivity contribution in [2.75, 3.05) is 0 Å². The highest BCUT2D eigenvalue weighted by molar-refractivity contribution is 9.10. The molecule has 1 heterocycles. The van der Waals surface area contributed by atoms with E-state index < -0.39 is 0 Å². The number of halogens is 1. The molecule has 2 N–H and O–H groups in total. The quantitative estimate of drug-likeness (QED) is 0.852. The van der Waals surface area contributed by atoms with Crippen LogP contribution in [0.4, 0.5) is 0 Å². The summed E-state index contributed by atoms with van der Waals surface area (Å²) in [5.41, 5.74) is 7.91. The maximum atomic E-state index is 5.65. The van der Waals surface area contributed by atoms with Gasteiger partial charge in [-0.05, 0) is 24.1 Å². The summed E-state index contributed by atoms with van der Waals surface area (Å²) in [6.45, 7) is 2.16. The highest BCUT2D eigenvalue weighted by atomic mass is 79.9. The first-order chi connectivity index (χ1) is 7.58. The molecule has 2 atom stereocenters. The summed E-state index contributed by atoms with van der Waals surface area (Å²) in [7, 11) is 0. The van der Waals surface area contributed by atoms with Crippen LogP contribution >= 0.6 is 28.1 Å². The van der Waals surface area contributed by atoms with Gasteiger partial charge in [-0.2, -0.15) is 0 Å². The van der Waals surface area contributed by atoms with Gasteiger partial charge in [-0.1, -0.05) is 47.2 Å². The number of benzene rings is 1. The topological polar surface area (TPSA) is 38.4 Å². The van der Waals surface area contributed by atoms with Crippen molar-refractivity contribution in [3.05, 3.63) is 34.3 Å². The van der Waals surface area contributed by atoms with Crippen LogP contribution in [0, 0.1) is 5.92 Å². The van der Waals surface area contributed by atoms with E-state index in [1.165, 1.54) is 0 Å². The largest absolute Gasteiger partial charge is 0.392 e. The van der Waals surface area contributed by atoms with Crippen molar-refractivity contribution in [3.63, 3.8) is 0 Å². The Hall–Kier alpha value is -0.740. The van der Waals surface area contributed by atoms with Gasteiger partial charge in [-0.25, -0.2) is 0 Å². The third-order valence-electron chi connectivity index (χ3n) is 2.79. The molecule has 0 fully saturated rings. The molecule has 84 valence electrons. The van der Waals surface area contributed by atoms with Gasteiger partial charge >= 0.3 is 0 Å². The normalized spacial score (nSPS) is 24.2. The number of nitrogens with zero attached hydrogens (tertiary/aromatic N) is 1. The van der Waals surface area contributed by atoms with Crippen LogP contribution in [0.25, 0.3) is 0 Å². The molecule has 0 aliphatic carbocycles. The second-order valence-corrected chi connectivity index (χ2v) is 5.47. The highest BCUT2D eigenvalue weighted by Gasteiger charge is 2.27. The van der Waals surface area contributed by atoms with Gasteiger partial charge in [-0.3, -0.25) is 4.99 Å². The van der Waals surface area contributed by atoms with Crippen molar-refractivity contribution < 1.29 is 0 Å². The Morgan fingerprint density at radius 1 is 1.56 bits per heavy atom. The average Bonchev–Trinajstić information content (AvgIpc) is 2.60. The molecule has 4 heteroatoms. The highest BCUT2D eigenvalue weighted by Crippen LogP contribution is 2.25. The first-order valence-corrected chi connectivity index (χ1v) is 6.41. The minimum absolute atomic E-state index is 0.0129. The maximum absolute atomic E-state index is 5.65. The Labute approximate surface area is 109 Å². The van der Waals surface area contributed by atoms with Crippen molar-refractivity contribution >= 4 is 38.8 Å². The molecular formula is C12H13BrN2S. The van der Waals surface area contributed by atoms with Gasteiger partial charge in [-0.15, -0.1) is 0 Å². The van der Waals surface area contributed by atoms with E-state index in [-0.39, 0.29) is 6.04 Å². The molecule has 16 heavy (non-hydrogen) atoms. The van der Waals surface area contributed by atoms with Gasteiger partial charge in [0.1, 0.15) is 6.04 Å². The minimum atomic E-state index is 0.0129. The smallest absolute Gasteiger partial charge is 0.101 e. The number of nitrogens with two attached hydrogens (primary N) is 1. The molecule has 2 nitrogen and oxygen atoms in total. The van der Waals surface area contributed by atoms with Gasteiger partial charge < -0.3 is 5.73 Å². The molecule has 0 saturated carbocycles. The first kappa shape index (κ1) is 11.7. The monoisotopic (exact) mass is 296 g/mol. The molecule has 2 unspecified atom stereocenters. The van der Waals surface area contributed by atoms with E-state index in [1.54, 1.807) is 0 Å². The number of rotatable bonds is 2. The summed E-state index contributed by atoms with van der Waals surface area (Å²) in [6.07, 6.45) is 0.928. The van der Waals surface area contributed by atoms with E-state index in [2.05, 4.69) is 40.0 Å². The molecule has 0 bridgehead atoms. The van der Waals surface area contributed by atoms with Crippen molar-refractivity contribution in [2.24, 2.45) is 16.6 Å². The molecule has 0 radical (unpaired) electrons. The van der Waals surface area contributed by atoms with Gasteiger partial charge in [0, 0.05) is 16.1 Å². The van der Waals surface area contributed by atoms with Gasteiger partial charge in [0.15, 0.2) is 0 Å². The fourth-order valence-electron chi connectivity index (χ4n) is 1.98. The fourth-order valence-corrected chi connectivity index (χ4v) is 2.53. The van der Waals surface area contributed by atoms with Crippen molar-refractivity contribution in [1.29, 1.82) is 0 Å². The minimum Gasteiger partial charge on any atom is -0.392 e. The number of thiocarbonyl (C=S) groups is 1. The molecule has 0 saturated heterocycles. The van der Waals surface area contributed by atoms with Gasteiger partial charge in [0.2, 0.25) is 0 Å². The van der Waals surface area contributed by atoms with Gasteiger partial charge in [0.25, 0.3) is 0 Å². The molecular weight excluding hydrogens is 284 g/mol. The molecule has 0 spiro atoms. The summed E-state index contributed by atoms with van der Waals surface area (Å²) in [5.74, 6) is 0.417. The second-order valence-electron chi connectivity index (χ2n) is 4.08. The average molecular weight is 297 g/mol. The van der Waals surface area contributed by atoms with Gasteiger partial charge in [0.05, 0.1) is 4.99 Å². The first-order valence-electron chi connectivity index (χ1n) is 5.21. The molecule has 0 amide bonds. The van der Waals surface area contributed by atoms with Crippen LogP contribution in [-0.4, -0.2) is 16.7 Å². The fraction of sp³-hybridized carbons (Fsp3) is 0.333. The van der Waals surface area contributed by atoms with E-state index >= 15 is 0 Å². The van der Waals surface area contributed by atoms with Crippen LogP contribution in [0.3, 0.4) is 0 Å². The van der Waals surface area contributed by atoms with Crippen LogP contribution in [-0.2, 0) is 0 Å². The summed E-state index contributed by atoms with van der Waals surface area (Å²) in [5, 5.41) is 0. The molecule has 2 rings (SSSR count). The summed E-state index contributed by atoms with van der Waals surface area (Å²) in [6, 6.07) is 8.19. The molecule has 1 aromatic carbocycles. The van der Waals surface area contributed by atoms with Crippen molar-refractivity contribution in [1.82, 2.24) is 0 Å². The third-order valence-corrected chi connectivity index (χ3v) is 3.55. The van der Waals surface area contributed by atoms with Crippen LogP contribution in [0.15, 0.2) is 33.7 Å². The molecule has 0 aromatic heterocycles. The lowest BCUT2D eigenvalue weighted by Gasteiger charge is -2.07. The molecule has 1 aromatic rings. The van der Waals surface area contributed by atoms with E-state index in [4.69, 9.17) is 18.0 Å². The van der Waals surface area contributed by atoms with Crippen LogP contribution in [0.1, 0.15) is 18.9 Å². The number of hydrogen-bond acceptors (Lipinski definition) is 2. The zero-order valence-corrected chi connectivity index (χ0v) is 11.4. The Morgan fingerprint density at radius 3 is 2.88 bits per heavy atom. The standard InChI is InChI=1S/C12H13BrN2S/c1-7-5-10(12(14)16)15-11(7)8-3-2-4-9(13)6-8/h2-4,6-7,10H,5H2,1H3,(H2,14,16). The number of aliphatic imine (C=N–C) groups is 1. The lowest BCUT2D eigenvalue weighted by molar-refractivity contribution is 0.703. The summed E-state index contributed by atoms with van der Waals surface area (Å²) in [4.78, 5) is 5.11. The van der Waals surface area contributed by atoms with Crippen LogP contribution in [0.2, 0.25) is 0 Å². The van der Waals surface area contributed by atoms with Crippen LogP contribution in [0.5, 0.6) is 0 Å². The third kappa shape index (κ3) is 2.33. The summed E-state index contributed by atoms with van der Waals surface area (Å²) >= 11 is 8.47. The Morgan fingerprint density at radius 2 is 2.31 bits per heavy atom. The van der Waals surface area contributed by atoms with Crippen molar-refractivity contribution in [3.8, 4) is 0 Å². The molecule has 1 aliphatic heterocycles. The van der Waals surface area contributed by atoms with E-state index in [9.17, 15) is 0 Å². The Balaban J connectivity index is 2.34. The predicted molar refractivity (Wildman–Crippen MR) is 75.0 cm³/mol. The second kappa shape index (κ2) is 4.63. The Bertz CT molecular complexity index is 456.